The predicted octanol–water partition coefficient (Wildman–Crippen LogP) is 1.69. The van der Waals surface area contributed by atoms with Crippen LogP contribution in [0.5, 0.6) is 0 Å². The van der Waals surface area contributed by atoms with Crippen molar-refractivity contribution in [1.82, 2.24) is 15.5 Å². The number of hydrogen-bond acceptors (Lipinski definition) is 5. The van der Waals surface area contributed by atoms with Crippen LogP contribution in [-0.2, 0) is 26.0 Å². The Balaban J connectivity index is 1.58. The number of amides is 2. The lowest BCUT2D eigenvalue weighted by Crippen LogP contribution is -2.35. The van der Waals surface area contributed by atoms with Crippen LogP contribution < -0.4 is 10.6 Å². The van der Waals surface area contributed by atoms with Crippen molar-refractivity contribution in [2.24, 2.45) is 0 Å². The Morgan fingerprint density at radius 2 is 1.81 bits per heavy atom. The maximum atomic E-state index is 12.5. The molecule has 1 aromatic carbocycles. The van der Waals surface area contributed by atoms with Crippen LogP contribution >= 0.6 is 0 Å². The second-order valence-corrected chi connectivity index (χ2v) is 8.86. The molecule has 0 bridgehead atoms. The molecule has 9 heteroatoms. The molecule has 27 heavy (non-hydrogen) atoms. The van der Waals surface area contributed by atoms with Gasteiger partial charge in [-0.1, -0.05) is 12.8 Å². The van der Waals surface area contributed by atoms with E-state index in [0.29, 0.717) is 18.5 Å². The third-order valence-corrected chi connectivity index (χ3v) is 7.04. The van der Waals surface area contributed by atoms with Crippen LogP contribution in [0.3, 0.4) is 0 Å². The number of hydrogen-bond donors (Lipinski definition) is 3. The van der Waals surface area contributed by atoms with Gasteiger partial charge in [0.25, 0.3) is 0 Å². The van der Waals surface area contributed by atoms with E-state index in [1.54, 1.807) is 6.20 Å². The molecule has 1 fully saturated rings. The highest BCUT2D eigenvalue weighted by Crippen LogP contribution is 2.30. The standard InChI is InChI=1S/C18H22N4O4S/c1-12-13(11-20-22-12)10-19-17(23)18(24)21-14-6-8-16(9-7-14)27(25,26)15-4-2-3-5-15/h6-9,11,15H,2-5,10H2,1H3,(H,19,23)(H,20,22)(H,21,24). The van der Waals surface area contributed by atoms with Crippen molar-refractivity contribution in [3.8, 4) is 0 Å². The van der Waals surface area contributed by atoms with E-state index in [4.69, 9.17) is 0 Å². The number of rotatable bonds is 5. The largest absolute Gasteiger partial charge is 0.344 e. The highest BCUT2D eigenvalue weighted by Gasteiger charge is 2.30. The number of carbonyl (C=O) groups excluding carboxylic acids is 2. The van der Waals surface area contributed by atoms with Gasteiger partial charge in [-0.15, -0.1) is 0 Å². The first-order chi connectivity index (χ1) is 12.9. The van der Waals surface area contributed by atoms with Crippen LogP contribution in [0.1, 0.15) is 36.9 Å². The van der Waals surface area contributed by atoms with Crippen molar-refractivity contribution in [1.29, 1.82) is 0 Å². The fraction of sp³-hybridized carbons (Fsp3) is 0.389. The Morgan fingerprint density at radius 3 is 2.41 bits per heavy atom. The molecule has 1 aliphatic rings. The lowest BCUT2D eigenvalue weighted by atomic mass is 10.2. The maximum Gasteiger partial charge on any atom is 0.313 e. The first-order valence-electron chi connectivity index (χ1n) is 8.80. The molecule has 1 aliphatic carbocycles. The Kier molecular flexibility index (Phi) is 5.59. The summed E-state index contributed by atoms with van der Waals surface area (Å²) >= 11 is 0. The summed E-state index contributed by atoms with van der Waals surface area (Å²) in [5.74, 6) is -1.60. The summed E-state index contributed by atoms with van der Waals surface area (Å²) in [6, 6.07) is 5.92. The molecular weight excluding hydrogens is 368 g/mol. The van der Waals surface area contributed by atoms with Gasteiger partial charge in [-0.05, 0) is 44.0 Å². The molecule has 1 aromatic heterocycles. The van der Waals surface area contributed by atoms with E-state index in [9.17, 15) is 18.0 Å². The normalized spacial score (nSPS) is 14.9. The number of carbonyl (C=O) groups is 2. The van der Waals surface area contributed by atoms with Gasteiger partial charge in [0, 0.05) is 23.5 Å². The van der Waals surface area contributed by atoms with E-state index in [1.165, 1.54) is 24.3 Å². The molecule has 0 saturated heterocycles. The van der Waals surface area contributed by atoms with Crippen LogP contribution in [0.15, 0.2) is 35.4 Å². The molecule has 3 N–H and O–H groups in total. The molecule has 0 aliphatic heterocycles. The van der Waals surface area contributed by atoms with Crippen molar-refractivity contribution in [3.05, 3.63) is 41.7 Å². The number of anilines is 1. The summed E-state index contributed by atoms with van der Waals surface area (Å²) < 4.78 is 25.1. The minimum absolute atomic E-state index is 0.188. The third kappa shape index (κ3) is 4.36. The van der Waals surface area contributed by atoms with Crippen LogP contribution in [0.25, 0.3) is 0 Å². The van der Waals surface area contributed by atoms with Gasteiger partial charge in [-0.2, -0.15) is 5.10 Å². The van der Waals surface area contributed by atoms with E-state index in [1.807, 2.05) is 6.92 Å². The van der Waals surface area contributed by atoms with E-state index >= 15 is 0 Å². The average molecular weight is 390 g/mol. The topological polar surface area (TPSA) is 121 Å². The second kappa shape index (κ2) is 7.91. The molecule has 0 spiro atoms. The van der Waals surface area contributed by atoms with Gasteiger partial charge < -0.3 is 10.6 Å². The smallest absolute Gasteiger partial charge is 0.313 e. The molecule has 3 rings (SSSR count). The van der Waals surface area contributed by atoms with E-state index in [0.717, 1.165) is 24.1 Å². The minimum atomic E-state index is -3.34. The van der Waals surface area contributed by atoms with Gasteiger partial charge in [0.05, 0.1) is 16.3 Å². The highest BCUT2D eigenvalue weighted by molar-refractivity contribution is 7.92. The molecule has 0 unspecified atom stereocenters. The highest BCUT2D eigenvalue weighted by atomic mass is 32.2. The lowest BCUT2D eigenvalue weighted by molar-refractivity contribution is -0.136. The van der Waals surface area contributed by atoms with Crippen molar-refractivity contribution >= 4 is 27.3 Å². The molecule has 144 valence electrons. The number of aromatic amines is 1. The fourth-order valence-electron chi connectivity index (χ4n) is 3.12. The number of H-pyrrole nitrogens is 1. The fourth-order valence-corrected chi connectivity index (χ4v) is 4.97. The zero-order chi connectivity index (χ0) is 19.4. The van der Waals surface area contributed by atoms with Gasteiger partial charge in [-0.3, -0.25) is 14.7 Å². The Hall–Kier alpha value is -2.68. The summed E-state index contributed by atoms with van der Waals surface area (Å²) in [6.07, 6.45) is 4.84. The van der Waals surface area contributed by atoms with Gasteiger partial charge in [0.15, 0.2) is 9.84 Å². The number of benzene rings is 1. The van der Waals surface area contributed by atoms with Gasteiger partial charge in [0.2, 0.25) is 0 Å². The monoisotopic (exact) mass is 390 g/mol. The van der Waals surface area contributed by atoms with Crippen LogP contribution in [0.2, 0.25) is 0 Å². The van der Waals surface area contributed by atoms with Gasteiger partial charge in [-0.25, -0.2) is 8.42 Å². The van der Waals surface area contributed by atoms with E-state index in [2.05, 4.69) is 20.8 Å². The lowest BCUT2D eigenvalue weighted by Gasteiger charge is -2.12. The number of nitrogens with zero attached hydrogens (tertiary/aromatic N) is 1. The molecular formula is C18H22N4O4S. The average Bonchev–Trinajstić information content (AvgIpc) is 3.32. The maximum absolute atomic E-state index is 12.5. The van der Waals surface area contributed by atoms with Crippen molar-refractivity contribution < 1.29 is 18.0 Å². The number of nitrogens with one attached hydrogen (secondary N) is 3. The van der Waals surface area contributed by atoms with E-state index in [-0.39, 0.29) is 16.7 Å². The summed E-state index contributed by atoms with van der Waals surface area (Å²) in [4.78, 5) is 24.1. The van der Waals surface area contributed by atoms with Crippen molar-refractivity contribution in [3.63, 3.8) is 0 Å². The first-order valence-corrected chi connectivity index (χ1v) is 10.3. The number of aromatic nitrogens is 2. The number of sulfone groups is 1. The minimum Gasteiger partial charge on any atom is -0.344 e. The number of aryl methyl sites for hydroxylation is 1. The summed E-state index contributed by atoms with van der Waals surface area (Å²) in [7, 11) is -3.34. The van der Waals surface area contributed by atoms with Crippen LogP contribution in [0.4, 0.5) is 5.69 Å². The second-order valence-electron chi connectivity index (χ2n) is 6.63. The summed E-state index contributed by atoms with van der Waals surface area (Å²) in [6.45, 7) is 2.00. The van der Waals surface area contributed by atoms with Crippen LogP contribution in [0, 0.1) is 6.92 Å². The van der Waals surface area contributed by atoms with Gasteiger partial charge in [0.1, 0.15) is 0 Å². The van der Waals surface area contributed by atoms with E-state index < -0.39 is 21.7 Å². The Labute approximate surface area is 157 Å². The Bertz CT molecular complexity index is 929. The third-order valence-electron chi connectivity index (χ3n) is 4.76. The molecule has 2 aromatic rings. The molecule has 2 amide bonds. The van der Waals surface area contributed by atoms with Crippen molar-refractivity contribution in [2.45, 2.75) is 49.3 Å². The Morgan fingerprint density at radius 1 is 1.15 bits per heavy atom. The molecule has 0 radical (unpaired) electrons. The zero-order valence-electron chi connectivity index (χ0n) is 15.0. The first kappa shape index (κ1) is 19.1. The SMILES string of the molecule is Cc1[nH]ncc1CNC(=O)C(=O)Nc1ccc(S(=O)(=O)C2CCCC2)cc1. The molecule has 1 heterocycles. The molecule has 8 nitrogen and oxygen atoms in total. The predicted molar refractivity (Wildman–Crippen MR) is 99.7 cm³/mol. The molecule has 1 saturated carbocycles. The van der Waals surface area contributed by atoms with Gasteiger partial charge >= 0.3 is 11.8 Å². The summed E-state index contributed by atoms with van der Waals surface area (Å²) in [5.41, 5.74) is 1.97. The van der Waals surface area contributed by atoms with Crippen LogP contribution in [-0.4, -0.2) is 35.7 Å². The van der Waals surface area contributed by atoms with Crippen molar-refractivity contribution in [2.75, 3.05) is 5.32 Å². The summed E-state index contributed by atoms with van der Waals surface area (Å²) in [5, 5.41) is 11.2. The zero-order valence-corrected chi connectivity index (χ0v) is 15.8. The quantitative estimate of drug-likeness (QED) is 0.671. The molecule has 0 atom stereocenters.